The van der Waals surface area contributed by atoms with Gasteiger partial charge in [0.05, 0.1) is 17.3 Å². The Bertz CT molecular complexity index is 1510. The number of carboxylic acids is 1. The molecule has 1 aromatic heterocycles. The fourth-order valence-corrected chi connectivity index (χ4v) is 6.49. The van der Waals surface area contributed by atoms with Crippen molar-refractivity contribution >= 4 is 63.2 Å². The van der Waals surface area contributed by atoms with Crippen LogP contribution in [0.5, 0.6) is 0 Å². The first-order valence-corrected chi connectivity index (χ1v) is 13.6. The largest absolute Gasteiger partial charge is 0.507 e. The zero-order valence-corrected chi connectivity index (χ0v) is 23.0. The number of aliphatic hydroxyl groups is 1. The van der Waals surface area contributed by atoms with Crippen LogP contribution in [0.1, 0.15) is 15.9 Å². The van der Waals surface area contributed by atoms with Gasteiger partial charge < -0.3 is 20.4 Å². The Balaban J connectivity index is 1.25. The number of hydrogen-bond donors (Lipinski definition) is 4. The van der Waals surface area contributed by atoms with Crippen molar-refractivity contribution in [1.82, 2.24) is 10.2 Å². The van der Waals surface area contributed by atoms with Crippen molar-refractivity contribution < 1.29 is 24.6 Å². The van der Waals surface area contributed by atoms with Crippen LogP contribution in [-0.2, 0) is 4.79 Å². The molecule has 2 unspecified atom stereocenters. The molecule has 0 saturated carbocycles. The number of likely N-dealkylation sites (N-methyl/N-ethyl adjacent to an activating group) is 1. The van der Waals surface area contributed by atoms with Gasteiger partial charge in [-0.25, -0.2) is 9.59 Å². The molecule has 4 N–H and O–H groups in total. The third-order valence-electron chi connectivity index (χ3n) is 6.51. The number of hydrogen-bond acceptors (Lipinski definition) is 6. The number of thiophene rings is 1. The number of urea groups is 1. The van der Waals surface area contributed by atoms with Crippen molar-refractivity contribution in [2.24, 2.45) is 5.92 Å². The molecule has 2 atom stereocenters. The van der Waals surface area contributed by atoms with Crippen LogP contribution in [-0.4, -0.2) is 46.1 Å². The van der Waals surface area contributed by atoms with Crippen LogP contribution in [0.3, 0.4) is 0 Å². The van der Waals surface area contributed by atoms with Gasteiger partial charge in [0.1, 0.15) is 5.76 Å². The maximum absolute atomic E-state index is 12.7. The number of nitrogens with zero attached hydrogens (tertiary/aromatic N) is 1. The third kappa shape index (κ3) is 4.96. The number of fused-ring (bicyclic) bond motifs is 1. The van der Waals surface area contributed by atoms with E-state index in [1.54, 1.807) is 59.9 Å². The monoisotopic (exact) mass is 639 g/mol. The molecule has 1 aliphatic heterocycles. The number of aliphatic hydroxyl groups excluding tert-OH is 1. The van der Waals surface area contributed by atoms with Gasteiger partial charge in [-0.2, -0.15) is 11.3 Å². The second-order valence-electron chi connectivity index (χ2n) is 8.84. The van der Waals surface area contributed by atoms with E-state index in [1.807, 2.05) is 40.9 Å². The Morgan fingerprint density at radius 1 is 0.947 bits per heavy atom. The van der Waals surface area contributed by atoms with Crippen LogP contribution >= 0.6 is 33.9 Å². The second kappa shape index (κ2) is 10.5. The quantitative estimate of drug-likeness (QED) is 0.259. The first-order chi connectivity index (χ1) is 18.2. The van der Waals surface area contributed by atoms with Gasteiger partial charge in [-0.05, 0) is 86.4 Å². The fraction of sp³-hybridized carbons (Fsp3) is 0.107. The van der Waals surface area contributed by atoms with Crippen LogP contribution in [0.2, 0.25) is 0 Å². The Kier molecular flexibility index (Phi) is 7.09. The molecule has 0 spiro atoms. The van der Waals surface area contributed by atoms with Crippen LogP contribution in [0.25, 0.3) is 16.8 Å². The van der Waals surface area contributed by atoms with Gasteiger partial charge in [0.2, 0.25) is 0 Å². The van der Waals surface area contributed by atoms with Crippen molar-refractivity contribution in [3.63, 3.8) is 0 Å². The lowest BCUT2D eigenvalue weighted by atomic mass is 9.91. The van der Waals surface area contributed by atoms with Gasteiger partial charge in [-0.3, -0.25) is 10.1 Å². The normalized spacial score (nSPS) is 18.4. The van der Waals surface area contributed by atoms with E-state index in [4.69, 9.17) is 0 Å². The van der Waals surface area contributed by atoms with Crippen LogP contribution in [0.4, 0.5) is 10.5 Å². The maximum atomic E-state index is 12.7. The summed E-state index contributed by atoms with van der Waals surface area (Å²) in [5, 5.41) is 28.6. The summed E-state index contributed by atoms with van der Waals surface area (Å²) < 4.78 is 0.930. The highest BCUT2D eigenvalue weighted by Crippen LogP contribution is 2.46. The standard InChI is InChI=1S/C28H22IN3O5S/c1-32-22-13-23(33)21(27(35)36)12-20(22)24(29)25(32)16-2-4-17(5-3-16)26(34)31-28(37)30-19-8-6-15(7-9-19)18-10-11-38-14-18/h2-14,20,22,33H,1H3,(H,35,36)(H2,30,31,34,37). The average molecular weight is 639 g/mol. The third-order valence-corrected chi connectivity index (χ3v) is 8.43. The minimum Gasteiger partial charge on any atom is -0.507 e. The Hall–Kier alpha value is -3.90. The topological polar surface area (TPSA) is 119 Å². The smallest absolute Gasteiger partial charge is 0.339 e. The lowest BCUT2D eigenvalue weighted by Crippen LogP contribution is -2.34. The first-order valence-electron chi connectivity index (χ1n) is 11.6. The van der Waals surface area contributed by atoms with Gasteiger partial charge in [0, 0.05) is 27.8 Å². The molecule has 192 valence electrons. The lowest BCUT2D eigenvalue weighted by Gasteiger charge is -2.28. The van der Waals surface area contributed by atoms with Crippen molar-refractivity contribution in [2.45, 2.75) is 6.04 Å². The summed E-state index contributed by atoms with van der Waals surface area (Å²) in [5.41, 5.74) is 4.62. The molecule has 0 fully saturated rings. The minimum atomic E-state index is -1.17. The van der Waals surface area contributed by atoms with E-state index in [0.717, 1.165) is 26.0 Å². The van der Waals surface area contributed by atoms with Gasteiger partial charge in [0.15, 0.2) is 0 Å². The van der Waals surface area contributed by atoms with Crippen molar-refractivity contribution in [3.05, 3.63) is 104 Å². The molecule has 5 rings (SSSR count). The highest BCUT2D eigenvalue weighted by atomic mass is 127. The van der Waals surface area contributed by atoms with Crippen molar-refractivity contribution in [2.75, 3.05) is 12.4 Å². The number of nitrogens with one attached hydrogen (secondary N) is 2. The molecule has 0 radical (unpaired) electrons. The number of benzene rings is 2. The van der Waals surface area contributed by atoms with E-state index >= 15 is 0 Å². The summed E-state index contributed by atoms with van der Waals surface area (Å²) in [4.78, 5) is 38.5. The van der Waals surface area contributed by atoms with Gasteiger partial charge in [-0.1, -0.05) is 30.3 Å². The second-order valence-corrected chi connectivity index (χ2v) is 10.8. The van der Waals surface area contributed by atoms with Crippen molar-refractivity contribution in [3.8, 4) is 11.1 Å². The highest BCUT2D eigenvalue weighted by Gasteiger charge is 2.40. The molecule has 10 heteroatoms. The number of aliphatic carboxylic acids is 1. The van der Waals surface area contributed by atoms with Gasteiger partial charge in [0.25, 0.3) is 5.91 Å². The van der Waals surface area contributed by atoms with E-state index in [-0.39, 0.29) is 23.3 Å². The number of amides is 3. The molecule has 2 heterocycles. The molecule has 3 aromatic rings. The summed E-state index contributed by atoms with van der Waals surface area (Å²) in [5.74, 6) is -2.17. The Morgan fingerprint density at radius 2 is 1.63 bits per heavy atom. The fourth-order valence-electron chi connectivity index (χ4n) is 4.58. The molecule has 0 saturated heterocycles. The van der Waals surface area contributed by atoms with Crippen LogP contribution in [0, 0.1) is 5.92 Å². The summed E-state index contributed by atoms with van der Waals surface area (Å²) in [6.45, 7) is 0. The van der Waals surface area contributed by atoms with Gasteiger partial charge in [-0.15, -0.1) is 0 Å². The van der Waals surface area contributed by atoms with Crippen molar-refractivity contribution in [1.29, 1.82) is 0 Å². The van der Waals surface area contributed by atoms with E-state index in [1.165, 1.54) is 0 Å². The number of rotatable bonds is 5. The molecule has 38 heavy (non-hydrogen) atoms. The first kappa shape index (κ1) is 25.7. The van der Waals surface area contributed by atoms with Gasteiger partial charge >= 0.3 is 12.0 Å². The highest BCUT2D eigenvalue weighted by molar-refractivity contribution is 14.1. The van der Waals surface area contributed by atoms with E-state index < -0.39 is 17.9 Å². The predicted molar refractivity (Wildman–Crippen MR) is 155 cm³/mol. The molecule has 0 bridgehead atoms. The number of halogens is 1. The summed E-state index contributed by atoms with van der Waals surface area (Å²) in [6.07, 6.45) is 3.12. The molecule has 3 amide bonds. The molecule has 1 aliphatic carbocycles. The molecular weight excluding hydrogens is 617 g/mol. The minimum absolute atomic E-state index is 0.112. The average Bonchev–Trinajstić information content (AvgIpc) is 3.51. The Morgan fingerprint density at radius 3 is 2.26 bits per heavy atom. The summed E-state index contributed by atoms with van der Waals surface area (Å²) >= 11 is 3.81. The molecule has 2 aromatic carbocycles. The zero-order chi connectivity index (χ0) is 27.0. The van der Waals surface area contributed by atoms with E-state index in [0.29, 0.717) is 11.3 Å². The molecule has 2 aliphatic rings. The number of carboxylic acid groups (broad SMARTS) is 1. The summed E-state index contributed by atoms with van der Waals surface area (Å²) in [7, 11) is 1.87. The molecule has 8 nitrogen and oxygen atoms in total. The number of imide groups is 1. The number of carbonyl (C=O) groups excluding carboxylic acids is 2. The zero-order valence-electron chi connectivity index (χ0n) is 20.0. The maximum Gasteiger partial charge on any atom is 0.339 e. The lowest BCUT2D eigenvalue weighted by molar-refractivity contribution is -0.132. The number of carbonyl (C=O) groups is 3. The molecular formula is C28H22IN3O5S. The van der Waals surface area contributed by atoms with E-state index in [2.05, 4.69) is 33.2 Å². The Labute approximate surface area is 236 Å². The van der Waals surface area contributed by atoms with E-state index in [9.17, 15) is 24.6 Å². The SMILES string of the molecule is CN1C(c2ccc(C(=O)NC(=O)Nc3ccc(-c4ccsc4)cc3)cc2)=C(I)C2C=C(C(=O)O)C(O)=CC21. The number of anilines is 1. The summed E-state index contributed by atoms with van der Waals surface area (Å²) in [6, 6.07) is 15.4. The van der Waals surface area contributed by atoms with Crippen LogP contribution in [0.15, 0.2) is 92.4 Å². The van der Waals surface area contributed by atoms with Crippen LogP contribution < -0.4 is 10.6 Å². The predicted octanol–water partition coefficient (Wildman–Crippen LogP) is 5.88.